The first-order chi connectivity index (χ1) is 14.5. The quantitative estimate of drug-likeness (QED) is 0.577. The number of carbonyl (C=O) groups is 1. The first-order valence-electron chi connectivity index (χ1n) is 9.93. The minimum Gasteiger partial charge on any atom is -0.497 e. The second-order valence-corrected chi connectivity index (χ2v) is 7.34. The lowest BCUT2D eigenvalue weighted by Crippen LogP contribution is -2.52. The molecule has 156 valence electrons. The van der Waals surface area contributed by atoms with E-state index in [1.165, 1.54) is 0 Å². The minimum atomic E-state index is -0.789. The summed E-state index contributed by atoms with van der Waals surface area (Å²) in [4.78, 5) is 25.0. The van der Waals surface area contributed by atoms with Gasteiger partial charge < -0.3 is 24.0 Å². The summed E-state index contributed by atoms with van der Waals surface area (Å²) in [7, 11) is 1.61. The van der Waals surface area contributed by atoms with E-state index in [9.17, 15) is 9.59 Å². The number of aliphatic carboxylic acids is 1. The Kier molecular flexibility index (Phi) is 5.72. The number of hydrogen-bond acceptors (Lipinski definition) is 5. The summed E-state index contributed by atoms with van der Waals surface area (Å²) in [5.74, 6) is -0.0867. The second-order valence-electron chi connectivity index (χ2n) is 7.34. The lowest BCUT2D eigenvalue weighted by Gasteiger charge is -2.40. The molecule has 0 bridgehead atoms. The molecule has 0 aliphatic carbocycles. The molecule has 3 aromatic rings. The molecular formula is C23H24N2O5. The number of ether oxygens (including phenoxy) is 2. The molecule has 0 spiro atoms. The average molecular weight is 408 g/mol. The van der Waals surface area contributed by atoms with Gasteiger partial charge in [0.2, 0.25) is 0 Å². The highest BCUT2D eigenvalue weighted by molar-refractivity contribution is 5.82. The van der Waals surface area contributed by atoms with E-state index in [0.717, 1.165) is 30.0 Å². The second kappa shape index (κ2) is 8.59. The van der Waals surface area contributed by atoms with Crippen LogP contribution in [0.2, 0.25) is 0 Å². The Bertz CT molecular complexity index is 1100. The Hall–Kier alpha value is -3.32. The van der Waals surface area contributed by atoms with Crippen molar-refractivity contribution in [3.63, 3.8) is 0 Å². The maximum absolute atomic E-state index is 12.2. The Morgan fingerprint density at radius 1 is 1.10 bits per heavy atom. The van der Waals surface area contributed by atoms with Crippen molar-refractivity contribution < 1.29 is 19.4 Å². The number of methoxy groups -OCH3 is 1. The van der Waals surface area contributed by atoms with Crippen molar-refractivity contribution >= 4 is 22.6 Å². The molecule has 1 saturated heterocycles. The minimum absolute atomic E-state index is 0.0181. The fourth-order valence-electron chi connectivity index (χ4n) is 3.64. The third-order valence-electron chi connectivity index (χ3n) is 5.33. The van der Waals surface area contributed by atoms with Crippen molar-refractivity contribution in [1.82, 2.24) is 4.57 Å². The van der Waals surface area contributed by atoms with Crippen LogP contribution in [-0.4, -0.2) is 48.6 Å². The fourth-order valence-corrected chi connectivity index (χ4v) is 3.64. The summed E-state index contributed by atoms with van der Waals surface area (Å²) in [5, 5.41) is 9.30. The number of fused-ring (bicyclic) bond motifs is 1. The molecule has 2 aromatic carbocycles. The number of anilines is 1. The summed E-state index contributed by atoms with van der Waals surface area (Å²) < 4.78 is 13.0. The number of rotatable bonds is 8. The van der Waals surface area contributed by atoms with Crippen LogP contribution in [0.1, 0.15) is 12.8 Å². The first-order valence-corrected chi connectivity index (χ1v) is 9.93. The number of pyridine rings is 1. The summed E-state index contributed by atoms with van der Waals surface area (Å²) in [6, 6.07) is 15.2. The van der Waals surface area contributed by atoms with Crippen molar-refractivity contribution in [2.45, 2.75) is 18.9 Å². The van der Waals surface area contributed by atoms with Gasteiger partial charge in [-0.3, -0.25) is 9.59 Å². The Morgan fingerprint density at radius 3 is 2.53 bits per heavy atom. The van der Waals surface area contributed by atoms with Crippen molar-refractivity contribution in [2.24, 2.45) is 0 Å². The van der Waals surface area contributed by atoms with Gasteiger partial charge in [-0.15, -0.1) is 0 Å². The van der Waals surface area contributed by atoms with Crippen LogP contribution >= 0.6 is 0 Å². The molecular weight excluding hydrogens is 384 g/mol. The third kappa shape index (κ3) is 4.16. The Morgan fingerprint density at radius 2 is 1.83 bits per heavy atom. The topological polar surface area (TPSA) is 81.0 Å². The molecule has 1 aromatic heterocycles. The molecule has 1 aliphatic rings. The van der Waals surface area contributed by atoms with Crippen LogP contribution in [-0.2, 0) is 9.53 Å². The number of hydrogen-bond donors (Lipinski definition) is 1. The number of carboxylic acid groups (broad SMARTS) is 1. The maximum Gasteiger partial charge on any atom is 0.303 e. The van der Waals surface area contributed by atoms with Gasteiger partial charge in [-0.1, -0.05) is 0 Å². The van der Waals surface area contributed by atoms with E-state index >= 15 is 0 Å². The van der Waals surface area contributed by atoms with Gasteiger partial charge in [0.1, 0.15) is 5.75 Å². The van der Waals surface area contributed by atoms with Crippen molar-refractivity contribution in [1.29, 1.82) is 0 Å². The van der Waals surface area contributed by atoms with Crippen LogP contribution in [0.3, 0.4) is 0 Å². The zero-order chi connectivity index (χ0) is 21.1. The number of carboxylic acids is 1. The summed E-state index contributed by atoms with van der Waals surface area (Å²) in [6.45, 7) is 2.07. The summed E-state index contributed by atoms with van der Waals surface area (Å²) >= 11 is 0. The highest BCUT2D eigenvalue weighted by Crippen LogP contribution is 2.26. The Balaban J connectivity index is 1.44. The lowest BCUT2D eigenvalue weighted by molar-refractivity contribution is -0.137. The standard InChI is InChI=1S/C23H24N2O5/c1-29-18-8-9-20-21(13-18)25(11-10-22(20)26)17-6-4-16(5-7-17)24-14-19(15-24)30-12-2-3-23(27)28/h4-11,13,19H,2-3,12,14-15H2,1H3,(H,27,28). The van der Waals surface area contributed by atoms with Gasteiger partial charge in [0, 0.05) is 61.2 Å². The number of nitrogens with zero attached hydrogens (tertiary/aromatic N) is 2. The maximum atomic E-state index is 12.2. The molecule has 30 heavy (non-hydrogen) atoms. The average Bonchev–Trinajstić information content (AvgIpc) is 2.72. The first kappa shape index (κ1) is 20.0. The van der Waals surface area contributed by atoms with Gasteiger partial charge in [-0.25, -0.2) is 0 Å². The van der Waals surface area contributed by atoms with Crippen LogP contribution in [0, 0.1) is 0 Å². The SMILES string of the molecule is COc1ccc2c(=O)ccn(-c3ccc(N4CC(OCCCC(=O)O)C4)cc3)c2c1. The molecule has 2 heterocycles. The molecule has 1 fully saturated rings. The highest BCUT2D eigenvalue weighted by Gasteiger charge is 2.27. The van der Waals surface area contributed by atoms with Crippen molar-refractivity contribution in [3.05, 3.63) is 65.0 Å². The molecule has 1 aliphatic heterocycles. The predicted octanol–water partition coefficient (Wildman–Crippen LogP) is 3.07. The van der Waals surface area contributed by atoms with Gasteiger partial charge in [-0.2, -0.15) is 0 Å². The molecule has 4 rings (SSSR count). The van der Waals surface area contributed by atoms with Gasteiger partial charge in [-0.05, 0) is 42.8 Å². The lowest BCUT2D eigenvalue weighted by atomic mass is 10.1. The van der Waals surface area contributed by atoms with Gasteiger partial charge in [0.25, 0.3) is 0 Å². The molecule has 0 radical (unpaired) electrons. The van der Waals surface area contributed by atoms with E-state index in [0.29, 0.717) is 24.2 Å². The van der Waals surface area contributed by atoms with E-state index in [-0.39, 0.29) is 18.0 Å². The van der Waals surface area contributed by atoms with Crippen LogP contribution in [0.15, 0.2) is 59.5 Å². The predicted molar refractivity (Wildman–Crippen MR) is 115 cm³/mol. The normalized spacial score (nSPS) is 14.0. The van der Waals surface area contributed by atoms with Crippen LogP contribution in [0.25, 0.3) is 16.6 Å². The molecule has 0 atom stereocenters. The van der Waals surface area contributed by atoms with Crippen molar-refractivity contribution in [3.8, 4) is 11.4 Å². The van der Waals surface area contributed by atoms with Crippen LogP contribution < -0.4 is 15.1 Å². The third-order valence-corrected chi connectivity index (χ3v) is 5.33. The van der Waals surface area contributed by atoms with E-state index < -0.39 is 5.97 Å². The molecule has 0 unspecified atom stereocenters. The summed E-state index contributed by atoms with van der Waals surface area (Å²) in [6.07, 6.45) is 2.61. The van der Waals surface area contributed by atoms with Crippen LogP contribution in [0.5, 0.6) is 5.75 Å². The highest BCUT2D eigenvalue weighted by atomic mass is 16.5. The summed E-state index contributed by atoms with van der Waals surface area (Å²) in [5.41, 5.74) is 2.84. The van der Waals surface area contributed by atoms with Gasteiger partial charge in [0.15, 0.2) is 5.43 Å². The van der Waals surface area contributed by atoms with E-state index in [1.54, 1.807) is 31.5 Å². The zero-order valence-corrected chi connectivity index (χ0v) is 16.8. The van der Waals surface area contributed by atoms with E-state index in [1.807, 2.05) is 22.8 Å². The molecule has 1 N–H and O–H groups in total. The zero-order valence-electron chi connectivity index (χ0n) is 16.8. The Labute approximate surface area is 174 Å². The van der Waals surface area contributed by atoms with Crippen LogP contribution in [0.4, 0.5) is 5.69 Å². The molecule has 0 saturated carbocycles. The monoisotopic (exact) mass is 408 g/mol. The van der Waals surface area contributed by atoms with Gasteiger partial charge >= 0.3 is 5.97 Å². The molecule has 7 heteroatoms. The smallest absolute Gasteiger partial charge is 0.303 e. The van der Waals surface area contributed by atoms with E-state index in [2.05, 4.69) is 17.0 Å². The molecule has 7 nitrogen and oxygen atoms in total. The van der Waals surface area contributed by atoms with Gasteiger partial charge in [0.05, 0.1) is 18.7 Å². The number of benzene rings is 2. The fraction of sp³-hybridized carbons (Fsp3) is 0.304. The largest absolute Gasteiger partial charge is 0.497 e. The van der Waals surface area contributed by atoms with Crippen molar-refractivity contribution in [2.75, 3.05) is 31.7 Å². The number of aromatic nitrogens is 1. The van der Waals surface area contributed by atoms with E-state index in [4.69, 9.17) is 14.6 Å². The molecule has 0 amide bonds.